The van der Waals surface area contributed by atoms with Gasteiger partial charge in [-0.2, -0.15) is 0 Å². The minimum atomic E-state index is -0.526. The van der Waals surface area contributed by atoms with Crippen LogP contribution in [0.2, 0.25) is 5.02 Å². The average molecular weight is 423 g/mol. The van der Waals surface area contributed by atoms with Gasteiger partial charge >= 0.3 is 5.97 Å². The zero-order chi connectivity index (χ0) is 21.1. The highest BCUT2D eigenvalue weighted by atomic mass is 35.5. The summed E-state index contributed by atoms with van der Waals surface area (Å²) in [7, 11) is 0. The summed E-state index contributed by atoms with van der Waals surface area (Å²) in [5, 5.41) is 1.32. The summed E-state index contributed by atoms with van der Waals surface area (Å²) >= 11 is 5.99. The number of amides is 1. The second-order valence-electron chi connectivity index (χ2n) is 7.74. The van der Waals surface area contributed by atoms with Crippen LogP contribution in [-0.2, 0) is 9.53 Å². The number of carbonyl (C=O) groups excluding carboxylic acids is 2. The number of likely N-dealkylation sites (tertiary alicyclic amines) is 1. The van der Waals surface area contributed by atoms with E-state index in [-0.39, 0.29) is 12.5 Å². The smallest absolute Gasteiger partial charge is 0.339 e. The standard InChI is InChI=1S/C24H23ClN2O3/c1-16-5-4-12-27(14-16)23(28)15-30-24(29)20-13-22(17-8-10-18(25)11-9-17)26-21-7-3-2-6-19(20)21/h2-3,6-11,13,16H,4-5,12,14-15H2,1H3/t16-/m1/s1. The average Bonchev–Trinajstić information content (AvgIpc) is 2.77. The third kappa shape index (κ3) is 4.46. The molecule has 3 aromatic rings. The molecule has 0 spiro atoms. The Morgan fingerprint density at radius 3 is 2.70 bits per heavy atom. The van der Waals surface area contributed by atoms with Crippen LogP contribution in [0, 0.1) is 5.92 Å². The molecule has 30 heavy (non-hydrogen) atoms. The Bertz CT molecular complexity index is 1080. The van der Waals surface area contributed by atoms with E-state index in [0.717, 1.165) is 31.5 Å². The Morgan fingerprint density at radius 2 is 1.93 bits per heavy atom. The summed E-state index contributed by atoms with van der Waals surface area (Å²) in [6, 6.07) is 16.4. The Kier molecular flexibility index (Phi) is 6.00. The van der Waals surface area contributed by atoms with E-state index in [1.165, 1.54) is 0 Å². The predicted molar refractivity (Wildman–Crippen MR) is 117 cm³/mol. The third-order valence-electron chi connectivity index (χ3n) is 5.41. The number of para-hydroxylation sites is 1. The molecule has 0 unspecified atom stereocenters. The van der Waals surface area contributed by atoms with Crippen molar-refractivity contribution in [2.75, 3.05) is 19.7 Å². The van der Waals surface area contributed by atoms with Crippen molar-refractivity contribution >= 4 is 34.4 Å². The number of pyridine rings is 1. The molecule has 4 rings (SSSR count). The number of hydrogen-bond donors (Lipinski definition) is 0. The molecule has 1 atom stereocenters. The number of rotatable bonds is 4. The van der Waals surface area contributed by atoms with Crippen LogP contribution >= 0.6 is 11.6 Å². The Hall–Kier alpha value is -2.92. The second-order valence-corrected chi connectivity index (χ2v) is 8.18. The summed E-state index contributed by atoms with van der Waals surface area (Å²) in [6.07, 6.45) is 2.11. The van der Waals surface area contributed by atoms with Crippen LogP contribution in [0.1, 0.15) is 30.1 Å². The Morgan fingerprint density at radius 1 is 1.17 bits per heavy atom. The molecule has 1 aromatic heterocycles. The van der Waals surface area contributed by atoms with Gasteiger partial charge in [0, 0.05) is 29.1 Å². The number of fused-ring (bicyclic) bond motifs is 1. The number of ether oxygens (including phenoxy) is 1. The first-order valence-corrected chi connectivity index (χ1v) is 10.5. The first-order valence-electron chi connectivity index (χ1n) is 10.1. The van der Waals surface area contributed by atoms with Crippen molar-refractivity contribution in [1.82, 2.24) is 9.88 Å². The summed E-state index contributed by atoms with van der Waals surface area (Å²) in [6.45, 7) is 3.32. The Labute approximate surface area is 180 Å². The summed E-state index contributed by atoms with van der Waals surface area (Å²) < 4.78 is 5.42. The number of carbonyl (C=O) groups is 2. The van der Waals surface area contributed by atoms with Crippen LogP contribution in [0.25, 0.3) is 22.2 Å². The molecule has 0 radical (unpaired) electrons. The van der Waals surface area contributed by atoms with Crippen molar-refractivity contribution in [2.24, 2.45) is 5.92 Å². The maximum atomic E-state index is 12.9. The summed E-state index contributed by atoms with van der Waals surface area (Å²) in [5.41, 5.74) is 2.57. The highest BCUT2D eigenvalue weighted by molar-refractivity contribution is 6.30. The number of halogens is 1. The molecule has 5 nitrogen and oxygen atoms in total. The molecule has 2 heterocycles. The number of piperidine rings is 1. The molecular formula is C24H23ClN2O3. The van der Waals surface area contributed by atoms with Crippen LogP contribution in [0.4, 0.5) is 0 Å². The van der Waals surface area contributed by atoms with Gasteiger partial charge in [0.2, 0.25) is 0 Å². The number of esters is 1. The molecule has 154 valence electrons. The first kappa shape index (κ1) is 20.4. The van der Waals surface area contributed by atoms with E-state index in [4.69, 9.17) is 16.3 Å². The van der Waals surface area contributed by atoms with Crippen LogP contribution in [0.15, 0.2) is 54.6 Å². The topological polar surface area (TPSA) is 59.5 Å². The molecule has 0 N–H and O–H groups in total. The molecule has 6 heteroatoms. The van der Waals surface area contributed by atoms with Gasteiger partial charge in [-0.05, 0) is 43.0 Å². The van der Waals surface area contributed by atoms with Crippen LogP contribution in [0.3, 0.4) is 0 Å². The Balaban J connectivity index is 1.58. The normalized spacial score (nSPS) is 16.5. The summed E-state index contributed by atoms with van der Waals surface area (Å²) in [5.74, 6) is -0.196. The molecule has 2 aromatic carbocycles. The number of aromatic nitrogens is 1. The highest BCUT2D eigenvalue weighted by Gasteiger charge is 2.23. The monoisotopic (exact) mass is 422 g/mol. The summed E-state index contributed by atoms with van der Waals surface area (Å²) in [4.78, 5) is 31.8. The van der Waals surface area contributed by atoms with Crippen molar-refractivity contribution in [3.63, 3.8) is 0 Å². The minimum absolute atomic E-state index is 0.147. The quantitative estimate of drug-likeness (QED) is 0.557. The molecule has 1 fully saturated rings. The van der Waals surface area contributed by atoms with E-state index in [1.807, 2.05) is 36.4 Å². The van der Waals surface area contributed by atoms with Crippen LogP contribution in [0.5, 0.6) is 0 Å². The van der Waals surface area contributed by atoms with Crippen molar-refractivity contribution < 1.29 is 14.3 Å². The number of hydrogen-bond acceptors (Lipinski definition) is 4. The highest BCUT2D eigenvalue weighted by Crippen LogP contribution is 2.26. The van der Waals surface area contributed by atoms with E-state index < -0.39 is 5.97 Å². The van der Waals surface area contributed by atoms with E-state index in [1.54, 1.807) is 23.1 Å². The fraction of sp³-hybridized carbons (Fsp3) is 0.292. The lowest BCUT2D eigenvalue weighted by atomic mass is 10.0. The molecule has 1 aliphatic rings. The maximum absolute atomic E-state index is 12.9. The second kappa shape index (κ2) is 8.84. The molecular weight excluding hydrogens is 400 g/mol. The van der Waals surface area contributed by atoms with Crippen LogP contribution in [-0.4, -0.2) is 41.5 Å². The van der Waals surface area contributed by atoms with E-state index in [2.05, 4.69) is 11.9 Å². The van der Waals surface area contributed by atoms with E-state index in [0.29, 0.717) is 33.1 Å². The molecule has 1 saturated heterocycles. The van der Waals surface area contributed by atoms with Crippen molar-refractivity contribution in [3.05, 3.63) is 65.2 Å². The van der Waals surface area contributed by atoms with Gasteiger partial charge in [-0.15, -0.1) is 0 Å². The van der Waals surface area contributed by atoms with E-state index >= 15 is 0 Å². The van der Waals surface area contributed by atoms with Gasteiger partial charge in [0.1, 0.15) is 0 Å². The molecule has 1 amide bonds. The molecule has 1 aliphatic heterocycles. The maximum Gasteiger partial charge on any atom is 0.339 e. The van der Waals surface area contributed by atoms with Gasteiger partial charge in [-0.3, -0.25) is 4.79 Å². The largest absolute Gasteiger partial charge is 0.452 e. The van der Waals surface area contributed by atoms with Crippen molar-refractivity contribution in [1.29, 1.82) is 0 Å². The van der Waals surface area contributed by atoms with Gasteiger partial charge < -0.3 is 9.64 Å². The lowest BCUT2D eigenvalue weighted by Crippen LogP contribution is -2.41. The van der Waals surface area contributed by atoms with Gasteiger partial charge in [0.05, 0.1) is 16.8 Å². The van der Waals surface area contributed by atoms with Crippen molar-refractivity contribution in [3.8, 4) is 11.3 Å². The fourth-order valence-corrected chi connectivity index (χ4v) is 3.95. The molecule has 0 bridgehead atoms. The predicted octanol–water partition coefficient (Wildman–Crippen LogP) is 4.97. The van der Waals surface area contributed by atoms with Gasteiger partial charge in [0.25, 0.3) is 5.91 Å². The molecule has 0 saturated carbocycles. The third-order valence-corrected chi connectivity index (χ3v) is 5.66. The van der Waals surface area contributed by atoms with Crippen LogP contribution < -0.4 is 0 Å². The van der Waals surface area contributed by atoms with E-state index in [9.17, 15) is 9.59 Å². The minimum Gasteiger partial charge on any atom is -0.452 e. The van der Waals surface area contributed by atoms with Crippen molar-refractivity contribution in [2.45, 2.75) is 19.8 Å². The zero-order valence-corrected chi connectivity index (χ0v) is 17.6. The lowest BCUT2D eigenvalue weighted by molar-refractivity contribution is -0.136. The lowest BCUT2D eigenvalue weighted by Gasteiger charge is -2.30. The zero-order valence-electron chi connectivity index (χ0n) is 16.8. The number of nitrogens with zero attached hydrogens (tertiary/aromatic N) is 2. The van der Waals surface area contributed by atoms with Gasteiger partial charge in [-0.1, -0.05) is 48.9 Å². The fourth-order valence-electron chi connectivity index (χ4n) is 3.83. The van der Waals surface area contributed by atoms with Gasteiger partial charge in [-0.25, -0.2) is 9.78 Å². The molecule has 0 aliphatic carbocycles. The SMILES string of the molecule is C[C@@H]1CCCN(C(=O)COC(=O)c2cc(-c3ccc(Cl)cc3)nc3ccccc23)C1. The number of benzene rings is 2. The first-order chi connectivity index (χ1) is 14.5. The van der Waals surface area contributed by atoms with Gasteiger partial charge in [0.15, 0.2) is 6.61 Å².